The molecule has 3 rings (SSSR count). The molecule has 1 aromatic rings. The Balaban J connectivity index is 1.57. The molecule has 2 heterocycles. The van der Waals surface area contributed by atoms with Crippen molar-refractivity contribution in [2.45, 2.75) is 44.4 Å². The van der Waals surface area contributed by atoms with E-state index >= 15 is 0 Å². The van der Waals surface area contributed by atoms with Crippen LogP contribution < -0.4 is 5.32 Å². The van der Waals surface area contributed by atoms with Crippen molar-refractivity contribution in [1.29, 1.82) is 0 Å². The normalized spacial score (nSPS) is 27.8. The van der Waals surface area contributed by atoms with Gasteiger partial charge in [-0.1, -0.05) is 30.3 Å². The molecule has 2 fully saturated rings. The minimum Gasteiger partial charge on any atom is -0.391 e. The molecule has 0 saturated carbocycles. The molecule has 6 heteroatoms. The van der Waals surface area contributed by atoms with Gasteiger partial charge in [0.1, 0.15) is 6.54 Å². The smallest absolute Gasteiger partial charge is 0.318 e. The molecule has 0 aliphatic carbocycles. The molecule has 0 aromatic heterocycles. The molecule has 2 aliphatic heterocycles. The van der Waals surface area contributed by atoms with Gasteiger partial charge in [0.05, 0.1) is 12.1 Å². The lowest BCUT2D eigenvalue weighted by Crippen LogP contribution is -2.55. The predicted molar refractivity (Wildman–Crippen MR) is 90.3 cm³/mol. The van der Waals surface area contributed by atoms with Crippen LogP contribution in [0.3, 0.4) is 0 Å². The van der Waals surface area contributed by atoms with Crippen molar-refractivity contribution in [3.05, 3.63) is 35.9 Å². The summed E-state index contributed by atoms with van der Waals surface area (Å²) >= 11 is 0. The minimum absolute atomic E-state index is 0.000726. The fourth-order valence-electron chi connectivity index (χ4n) is 3.47. The van der Waals surface area contributed by atoms with Gasteiger partial charge in [0.25, 0.3) is 0 Å². The minimum atomic E-state index is -0.456. The van der Waals surface area contributed by atoms with Gasteiger partial charge in [-0.05, 0) is 31.7 Å². The first-order valence-corrected chi connectivity index (χ1v) is 8.62. The third-order valence-corrected chi connectivity index (χ3v) is 4.98. The monoisotopic (exact) mass is 331 g/mol. The molecule has 2 N–H and O–H groups in total. The molecule has 2 aliphatic rings. The molecule has 3 unspecified atom stereocenters. The Morgan fingerprint density at radius 1 is 1.25 bits per heavy atom. The summed E-state index contributed by atoms with van der Waals surface area (Å²) in [5.74, 6) is -0.0884. The number of nitrogens with one attached hydrogen (secondary N) is 1. The molecular weight excluding hydrogens is 306 g/mol. The highest BCUT2D eigenvalue weighted by molar-refractivity contribution is 5.85. The molecule has 0 radical (unpaired) electrons. The molecule has 2 saturated heterocycles. The van der Waals surface area contributed by atoms with Gasteiger partial charge in [-0.2, -0.15) is 0 Å². The van der Waals surface area contributed by atoms with Crippen LogP contribution in [0.5, 0.6) is 0 Å². The first kappa shape index (κ1) is 16.8. The lowest BCUT2D eigenvalue weighted by molar-refractivity contribution is -0.137. The van der Waals surface area contributed by atoms with Crippen LogP contribution in [-0.4, -0.2) is 58.6 Å². The zero-order valence-corrected chi connectivity index (χ0v) is 14.0. The second-order valence-corrected chi connectivity index (χ2v) is 6.75. The summed E-state index contributed by atoms with van der Waals surface area (Å²) in [6, 6.07) is 9.79. The molecule has 0 bridgehead atoms. The molecule has 6 nitrogen and oxygen atoms in total. The van der Waals surface area contributed by atoms with Gasteiger partial charge in [-0.3, -0.25) is 4.79 Å². The van der Waals surface area contributed by atoms with E-state index in [0.29, 0.717) is 13.1 Å². The van der Waals surface area contributed by atoms with E-state index in [9.17, 15) is 14.7 Å². The number of aliphatic hydroxyl groups is 1. The Bertz CT molecular complexity index is 592. The second kappa shape index (κ2) is 7.21. The third-order valence-electron chi connectivity index (χ3n) is 4.98. The van der Waals surface area contributed by atoms with Crippen LogP contribution in [0, 0.1) is 0 Å². The van der Waals surface area contributed by atoms with E-state index in [-0.39, 0.29) is 30.6 Å². The predicted octanol–water partition coefficient (Wildman–Crippen LogP) is 1.51. The third kappa shape index (κ3) is 3.70. The summed E-state index contributed by atoms with van der Waals surface area (Å²) in [5, 5.41) is 12.8. The largest absolute Gasteiger partial charge is 0.391 e. The zero-order chi connectivity index (χ0) is 17.1. The quantitative estimate of drug-likeness (QED) is 0.882. The lowest BCUT2D eigenvalue weighted by atomic mass is 10.0. The van der Waals surface area contributed by atoms with E-state index < -0.39 is 6.10 Å². The number of piperidine rings is 1. The van der Waals surface area contributed by atoms with Crippen LogP contribution in [-0.2, 0) is 4.79 Å². The highest BCUT2D eigenvalue weighted by Crippen LogP contribution is 2.22. The molecular formula is C18H25N3O3. The first-order valence-electron chi connectivity index (χ1n) is 8.62. The van der Waals surface area contributed by atoms with Crippen LogP contribution in [0.15, 0.2) is 30.3 Å². The maximum Gasteiger partial charge on any atom is 0.318 e. The summed E-state index contributed by atoms with van der Waals surface area (Å²) in [5.41, 5.74) is 1.09. The summed E-state index contributed by atoms with van der Waals surface area (Å²) in [6.07, 6.45) is 1.85. The average Bonchev–Trinajstić information content (AvgIpc) is 2.59. The van der Waals surface area contributed by atoms with Crippen molar-refractivity contribution in [2.24, 2.45) is 0 Å². The van der Waals surface area contributed by atoms with Crippen molar-refractivity contribution in [3.8, 4) is 0 Å². The van der Waals surface area contributed by atoms with E-state index in [0.717, 1.165) is 24.8 Å². The number of hydrogen-bond donors (Lipinski definition) is 2. The summed E-state index contributed by atoms with van der Waals surface area (Å²) in [7, 11) is 0. The van der Waals surface area contributed by atoms with Gasteiger partial charge in [0.2, 0.25) is 5.91 Å². The Morgan fingerprint density at radius 3 is 2.71 bits per heavy atom. The van der Waals surface area contributed by atoms with Crippen LogP contribution in [0.2, 0.25) is 0 Å². The molecule has 0 spiro atoms. The number of hydrogen-bond acceptors (Lipinski definition) is 3. The van der Waals surface area contributed by atoms with Crippen molar-refractivity contribution in [2.75, 3.05) is 19.6 Å². The van der Waals surface area contributed by atoms with Gasteiger partial charge < -0.3 is 20.2 Å². The summed E-state index contributed by atoms with van der Waals surface area (Å²) in [4.78, 5) is 28.1. The number of β-amino-alcohol motifs (C(OH)–C–C–N with tert-alkyl or cyclic N) is 1. The molecule has 3 atom stereocenters. The molecule has 130 valence electrons. The number of urea groups is 1. The number of rotatable bonds is 3. The van der Waals surface area contributed by atoms with E-state index in [1.54, 1.807) is 9.80 Å². The number of amides is 3. The van der Waals surface area contributed by atoms with E-state index in [4.69, 9.17) is 0 Å². The van der Waals surface area contributed by atoms with E-state index in [2.05, 4.69) is 5.32 Å². The Kier molecular flexibility index (Phi) is 5.04. The van der Waals surface area contributed by atoms with Gasteiger partial charge in [0.15, 0.2) is 0 Å². The highest BCUT2D eigenvalue weighted by atomic mass is 16.3. The first-order chi connectivity index (χ1) is 11.5. The number of benzene rings is 1. The topological polar surface area (TPSA) is 72.9 Å². The standard InChI is InChI=1S/C18H25N3O3/c1-13-7-8-15(22)11-21(13)17(23)12-20-10-9-16(19-18(20)24)14-5-3-2-4-6-14/h2-6,13,15-16,22H,7-12H2,1H3,(H,19,24). The van der Waals surface area contributed by atoms with Crippen LogP contribution in [0.25, 0.3) is 0 Å². The van der Waals surface area contributed by atoms with E-state index in [1.165, 1.54) is 0 Å². The molecule has 24 heavy (non-hydrogen) atoms. The average molecular weight is 331 g/mol. The van der Waals surface area contributed by atoms with Crippen molar-refractivity contribution in [1.82, 2.24) is 15.1 Å². The highest BCUT2D eigenvalue weighted by Gasteiger charge is 2.32. The van der Waals surface area contributed by atoms with Crippen LogP contribution >= 0.6 is 0 Å². The zero-order valence-electron chi connectivity index (χ0n) is 14.0. The van der Waals surface area contributed by atoms with Crippen LogP contribution in [0.1, 0.15) is 37.8 Å². The molecule has 1 aromatic carbocycles. The van der Waals surface area contributed by atoms with Gasteiger partial charge in [-0.25, -0.2) is 4.79 Å². The maximum absolute atomic E-state index is 12.5. The SMILES string of the molecule is CC1CCC(O)CN1C(=O)CN1CCC(c2ccccc2)NC1=O. The van der Waals surface area contributed by atoms with Crippen molar-refractivity contribution >= 4 is 11.9 Å². The van der Waals surface area contributed by atoms with Crippen molar-refractivity contribution < 1.29 is 14.7 Å². The van der Waals surface area contributed by atoms with Gasteiger partial charge in [-0.15, -0.1) is 0 Å². The lowest BCUT2D eigenvalue weighted by Gasteiger charge is -2.38. The number of aliphatic hydroxyl groups excluding tert-OH is 1. The van der Waals surface area contributed by atoms with Gasteiger partial charge >= 0.3 is 6.03 Å². The molecule has 3 amide bonds. The maximum atomic E-state index is 12.5. The second-order valence-electron chi connectivity index (χ2n) is 6.75. The fourth-order valence-corrected chi connectivity index (χ4v) is 3.47. The number of carbonyl (C=O) groups is 2. The number of carbonyl (C=O) groups excluding carboxylic acids is 2. The summed E-state index contributed by atoms with van der Waals surface area (Å²) in [6.45, 7) is 2.99. The Hall–Kier alpha value is -2.08. The van der Waals surface area contributed by atoms with Crippen molar-refractivity contribution in [3.63, 3.8) is 0 Å². The van der Waals surface area contributed by atoms with E-state index in [1.807, 2.05) is 37.3 Å². The number of nitrogens with zero attached hydrogens (tertiary/aromatic N) is 2. The fraction of sp³-hybridized carbons (Fsp3) is 0.556. The Labute approximate surface area is 142 Å². The van der Waals surface area contributed by atoms with Gasteiger partial charge in [0, 0.05) is 19.1 Å². The Morgan fingerprint density at radius 2 is 2.00 bits per heavy atom. The summed E-state index contributed by atoms with van der Waals surface area (Å²) < 4.78 is 0. The van der Waals surface area contributed by atoms with Crippen LogP contribution in [0.4, 0.5) is 4.79 Å². The number of likely N-dealkylation sites (tertiary alicyclic amines) is 1.